The maximum Gasteiger partial charge on any atom is 0.303 e. The Kier molecular flexibility index (Phi) is 7.95. The van der Waals surface area contributed by atoms with Gasteiger partial charge in [0.25, 0.3) is 0 Å². The van der Waals surface area contributed by atoms with Crippen LogP contribution in [0.3, 0.4) is 0 Å². The van der Waals surface area contributed by atoms with E-state index in [0.717, 1.165) is 44.9 Å². The molecule has 0 bridgehead atoms. The summed E-state index contributed by atoms with van der Waals surface area (Å²) in [7, 11) is 0. The van der Waals surface area contributed by atoms with Crippen LogP contribution < -0.4 is 5.73 Å². The van der Waals surface area contributed by atoms with Gasteiger partial charge in [-0.3, -0.25) is 4.79 Å². The molecule has 17 atom stereocenters. The molecule has 2 heterocycles. The minimum atomic E-state index is -1.32. The second-order valence-corrected chi connectivity index (χ2v) is 18.3. The first kappa shape index (κ1) is 34.6. The zero-order valence-corrected chi connectivity index (χ0v) is 29.2. The first-order valence-corrected chi connectivity index (χ1v) is 18.1. The smallest absolute Gasteiger partial charge is 0.303 e. The number of esters is 1. The lowest BCUT2D eigenvalue weighted by Crippen LogP contribution is -2.70. The van der Waals surface area contributed by atoms with Crippen LogP contribution in [0.1, 0.15) is 99.8 Å². The third-order valence-corrected chi connectivity index (χ3v) is 15.3. The molecule has 7 aliphatic rings. The number of carbonyl (C=O) groups is 1. The topological polar surface area (TPSA) is 181 Å². The molecule has 0 aromatic rings. The van der Waals surface area contributed by atoms with E-state index in [1.807, 2.05) is 0 Å². The summed E-state index contributed by atoms with van der Waals surface area (Å²) < 4.78 is 24.4. The highest BCUT2D eigenvalue weighted by Crippen LogP contribution is 2.87. The van der Waals surface area contributed by atoms with Crippen molar-refractivity contribution in [2.45, 2.75) is 166 Å². The molecule has 47 heavy (non-hydrogen) atoms. The lowest BCUT2D eigenvalue weighted by molar-refractivity contribution is -0.302. The second kappa shape index (κ2) is 10.8. The Labute approximate surface area is 278 Å². The Morgan fingerprint density at radius 3 is 2.30 bits per heavy atom. The van der Waals surface area contributed by atoms with Crippen LogP contribution in [0.2, 0.25) is 0 Å². The normalized spacial score (nSPS) is 55.4. The molecule has 5 aliphatic carbocycles. The summed E-state index contributed by atoms with van der Waals surface area (Å²) in [6, 6.07) is 0. The molecule has 0 aromatic heterocycles. The second-order valence-electron chi connectivity index (χ2n) is 18.3. The summed E-state index contributed by atoms with van der Waals surface area (Å²) in [6.07, 6.45) is -0.467. The molecule has 0 amide bonds. The number of fused-ring (bicyclic) bond motifs is 4. The Bertz CT molecular complexity index is 1260. The minimum Gasteiger partial charge on any atom is -0.457 e. The van der Waals surface area contributed by atoms with Gasteiger partial charge in [0.2, 0.25) is 0 Å². The van der Waals surface area contributed by atoms with Crippen LogP contribution in [0.4, 0.5) is 0 Å². The van der Waals surface area contributed by atoms with Crippen molar-refractivity contribution < 1.29 is 49.3 Å². The number of rotatable bonds is 5. The summed E-state index contributed by atoms with van der Waals surface area (Å²) in [5, 5.41) is 54.2. The average Bonchev–Trinajstić information content (AvgIpc) is 3.61. The highest BCUT2D eigenvalue weighted by molar-refractivity contribution is 5.66. The summed E-state index contributed by atoms with van der Waals surface area (Å²) in [4.78, 5) is 12.0. The SMILES string of the molecule is CC(=O)OC(C1CC(C)C2C(O1)C(O)C1(N)C3CCC4C(C)(C)C(OC5OCC(O)C(O)C5O)CCC45CC35CCC21C)C(C)(C)O. The Hall–Kier alpha value is -0.890. The Balaban J connectivity index is 1.14. The van der Waals surface area contributed by atoms with Crippen LogP contribution in [-0.4, -0.2) is 104 Å². The van der Waals surface area contributed by atoms with Crippen molar-refractivity contribution in [2.24, 2.45) is 51.1 Å². The van der Waals surface area contributed by atoms with Gasteiger partial charge in [0, 0.05) is 6.92 Å². The standard InChI is InChI=1S/C36H59NO10/c1-17-14-20(29(32(5,6)43)45-18(2)38)46-27-24(17)33(7)12-13-35-16-34(35)11-10-23(47-30-26(41)25(40)19(39)15-44-30)31(3,4)21(34)8-9-22(35)36(33,37)28(27)42/h17,19-30,39-43H,8-16,37H2,1-7H3. The number of hydrogen-bond acceptors (Lipinski definition) is 11. The number of hydrogen-bond donors (Lipinski definition) is 6. The fourth-order valence-electron chi connectivity index (χ4n) is 13.3. The van der Waals surface area contributed by atoms with Gasteiger partial charge in [-0.15, -0.1) is 0 Å². The van der Waals surface area contributed by atoms with E-state index in [4.69, 9.17) is 24.7 Å². The predicted molar refractivity (Wildman–Crippen MR) is 169 cm³/mol. The third kappa shape index (κ3) is 4.53. The van der Waals surface area contributed by atoms with E-state index in [0.29, 0.717) is 12.3 Å². The van der Waals surface area contributed by atoms with Crippen LogP contribution in [0.25, 0.3) is 0 Å². The zero-order valence-electron chi connectivity index (χ0n) is 29.2. The zero-order chi connectivity index (χ0) is 34.3. The molecule has 0 radical (unpaired) electrons. The molecular formula is C36H59NO10. The first-order valence-electron chi connectivity index (χ1n) is 18.1. The maximum absolute atomic E-state index is 12.4. The summed E-state index contributed by atoms with van der Waals surface area (Å²) in [5.74, 6) is 0.210. The minimum absolute atomic E-state index is 0.0258. The molecular weight excluding hydrogens is 606 g/mol. The molecule has 2 aliphatic heterocycles. The molecule has 2 spiro atoms. The molecule has 11 heteroatoms. The largest absolute Gasteiger partial charge is 0.457 e. The molecule has 2 saturated heterocycles. The third-order valence-electron chi connectivity index (χ3n) is 15.3. The van der Waals surface area contributed by atoms with E-state index in [-0.39, 0.29) is 52.1 Å². The van der Waals surface area contributed by atoms with Crippen molar-refractivity contribution in [3.8, 4) is 0 Å². The van der Waals surface area contributed by atoms with Gasteiger partial charge in [-0.2, -0.15) is 0 Å². The van der Waals surface area contributed by atoms with E-state index in [2.05, 4.69) is 27.7 Å². The van der Waals surface area contributed by atoms with Crippen molar-refractivity contribution in [3.05, 3.63) is 0 Å². The Morgan fingerprint density at radius 2 is 1.64 bits per heavy atom. The van der Waals surface area contributed by atoms with Crippen LogP contribution in [0, 0.1) is 45.3 Å². The van der Waals surface area contributed by atoms with Crippen LogP contribution in [0.15, 0.2) is 0 Å². The molecule has 7 fully saturated rings. The number of nitrogens with two attached hydrogens (primary N) is 1. The van der Waals surface area contributed by atoms with Gasteiger partial charge in [-0.05, 0) is 111 Å². The molecule has 17 unspecified atom stereocenters. The van der Waals surface area contributed by atoms with Gasteiger partial charge in [-0.1, -0.05) is 27.7 Å². The lowest BCUT2D eigenvalue weighted by Gasteiger charge is -2.63. The van der Waals surface area contributed by atoms with Gasteiger partial charge in [-0.25, -0.2) is 0 Å². The number of aliphatic hydroxyl groups excluding tert-OH is 4. The van der Waals surface area contributed by atoms with Gasteiger partial charge < -0.3 is 50.2 Å². The predicted octanol–water partition coefficient (Wildman–Crippen LogP) is 2.02. The molecule has 0 aromatic carbocycles. The quantitative estimate of drug-likeness (QED) is 0.187. The van der Waals surface area contributed by atoms with Gasteiger partial charge >= 0.3 is 5.97 Å². The van der Waals surface area contributed by atoms with E-state index in [1.54, 1.807) is 13.8 Å². The highest BCUT2D eigenvalue weighted by Gasteiger charge is 2.85. The van der Waals surface area contributed by atoms with Crippen LogP contribution in [0.5, 0.6) is 0 Å². The monoisotopic (exact) mass is 665 g/mol. The lowest BCUT2D eigenvalue weighted by atomic mass is 9.43. The highest BCUT2D eigenvalue weighted by atomic mass is 16.7. The number of ether oxygens (including phenoxy) is 4. The average molecular weight is 666 g/mol. The number of carbonyl (C=O) groups excluding carboxylic acids is 1. The molecule has 7 rings (SSSR count). The maximum atomic E-state index is 12.4. The molecule has 7 N–H and O–H groups in total. The number of aliphatic hydroxyl groups is 5. The van der Waals surface area contributed by atoms with Crippen LogP contribution in [-0.2, 0) is 23.7 Å². The van der Waals surface area contributed by atoms with Gasteiger partial charge in [0.05, 0.1) is 42.2 Å². The van der Waals surface area contributed by atoms with E-state index < -0.39 is 66.1 Å². The van der Waals surface area contributed by atoms with E-state index in [1.165, 1.54) is 6.92 Å². The van der Waals surface area contributed by atoms with Crippen LogP contribution >= 0.6 is 0 Å². The fourth-order valence-corrected chi connectivity index (χ4v) is 13.3. The van der Waals surface area contributed by atoms with Crippen molar-refractivity contribution in [3.63, 3.8) is 0 Å². The van der Waals surface area contributed by atoms with Crippen molar-refractivity contribution >= 4 is 5.97 Å². The van der Waals surface area contributed by atoms with Gasteiger partial charge in [0.1, 0.15) is 18.3 Å². The van der Waals surface area contributed by atoms with E-state index >= 15 is 0 Å². The van der Waals surface area contributed by atoms with Crippen molar-refractivity contribution in [2.75, 3.05) is 6.61 Å². The Morgan fingerprint density at radius 1 is 0.979 bits per heavy atom. The summed E-state index contributed by atoms with van der Waals surface area (Å²) in [5.41, 5.74) is 5.11. The van der Waals surface area contributed by atoms with Crippen molar-refractivity contribution in [1.82, 2.24) is 0 Å². The fraction of sp³-hybridized carbons (Fsp3) is 0.972. The first-order chi connectivity index (χ1) is 21.8. The molecule has 268 valence electrons. The summed E-state index contributed by atoms with van der Waals surface area (Å²) >= 11 is 0. The summed E-state index contributed by atoms with van der Waals surface area (Å²) in [6.45, 7) is 13.5. The van der Waals surface area contributed by atoms with Gasteiger partial charge in [0.15, 0.2) is 12.4 Å². The molecule has 11 nitrogen and oxygen atoms in total. The van der Waals surface area contributed by atoms with Crippen molar-refractivity contribution in [1.29, 1.82) is 0 Å². The molecule has 5 saturated carbocycles. The van der Waals surface area contributed by atoms with E-state index in [9.17, 15) is 30.3 Å².